The smallest absolute Gasteiger partial charge is 0.346 e. The van der Waals surface area contributed by atoms with Gasteiger partial charge in [0.25, 0.3) is 0 Å². The first-order valence-corrected chi connectivity index (χ1v) is 8.50. The quantitative estimate of drug-likeness (QED) is 0.639. The van der Waals surface area contributed by atoms with Gasteiger partial charge in [0.15, 0.2) is 11.5 Å². The molecule has 1 aromatic rings. The molecule has 7 heteroatoms. The minimum atomic E-state index is -1.15. The first-order valence-electron chi connectivity index (χ1n) is 8.50. The fourth-order valence-electron chi connectivity index (χ4n) is 4.15. The predicted molar refractivity (Wildman–Crippen MR) is 94.9 cm³/mol. The number of nitriles is 1. The van der Waals surface area contributed by atoms with Crippen molar-refractivity contribution in [2.24, 2.45) is 0 Å². The van der Waals surface area contributed by atoms with Gasteiger partial charge in [-0.3, -0.25) is 0 Å². The zero-order chi connectivity index (χ0) is 18.8. The molecular formula is C19H22N2O5. The molecule has 2 heterocycles. The largest absolute Gasteiger partial charge is 0.493 e. The maximum Gasteiger partial charge on any atom is 0.346 e. The highest BCUT2D eigenvalue weighted by molar-refractivity contribution is 5.92. The molecule has 2 fully saturated rings. The van der Waals surface area contributed by atoms with Gasteiger partial charge in [-0.2, -0.15) is 5.26 Å². The van der Waals surface area contributed by atoms with Crippen LogP contribution in [0.15, 0.2) is 23.3 Å². The van der Waals surface area contributed by atoms with E-state index in [4.69, 9.17) is 14.2 Å². The molecule has 2 bridgehead atoms. The number of rotatable bonds is 5. The lowest BCUT2D eigenvalue weighted by molar-refractivity contribution is -0.132. The van der Waals surface area contributed by atoms with Crippen molar-refractivity contribution in [2.75, 3.05) is 26.2 Å². The van der Waals surface area contributed by atoms with Crippen LogP contribution in [0, 0.1) is 11.3 Å². The summed E-state index contributed by atoms with van der Waals surface area (Å²) in [6, 6.07) is 5.84. The van der Waals surface area contributed by atoms with Crippen LogP contribution in [-0.2, 0) is 4.79 Å². The van der Waals surface area contributed by atoms with E-state index in [0.29, 0.717) is 35.3 Å². The first kappa shape index (κ1) is 17.9. The first-order chi connectivity index (χ1) is 12.5. The number of hydrogen-bond acceptors (Lipinski definition) is 6. The molecule has 0 amide bonds. The fraction of sp³-hybridized carbons (Fsp3) is 0.474. The summed E-state index contributed by atoms with van der Waals surface area (Å²) in [4.78, 5) is 13.7. The van der Waals surface area contributed by atoms with Crippen molar-refractivity contribution >= 4 is 11.7 Å². The van der Waals surface area contributed by atoms with Crippen LogP contribution in [-0.4, -0.2) is 44.5 Å². The lowest BCUT2D eigenvalue weighted by atomic mass is 9.91. The molecule has 0 radical (unpaired) electrons. The zero-order valence-electron chi connectivity index (χ0n) is 15.1. The Morgan fingerprint density at radius 2 is 1.81 bits per heavy atom. The number of hydrogen-bond donors (Lipinski definition) is 1. The minimum absolute atomic E-state index is 0.0951. The van der Waals surface area contributed by atoms with E-state index in [-0.39, 0.29) is 11.6 Å². The summed E-state index contributed by atoms with van der Waals surface area (Å²) in [5, 5.41) is 18.7. The van der Waals surface area contributed by atoms with Gasteiger partial charge < -0.3 is 24.2 Å². The maximum absolute atomic E-state index is 11.5. The standard InChI is InChI=1S/C19H22N2O5/c1-24-16-8-12(9-17(25-2)18(16)26-3)21-11-4-6-13(15(21)7-5-11)14(10-20)19(22)23/h8-9,11,15H,4-7H2,1-3H3,(H,22,23)/b14-13+. The molecule has 0 spiro atoms. The van der Waals surface area contributed by atoms with Crippen molar-refractivity contribution in [3.8, 4) is 23.3 Å². The Hall–Kier alpha value is -2.88. The van der Waals surface area contributed by atoms with Crippen molar-refractivity contribution in [3.05, 3.63) is 23.3 Å². The molecule has 2 aliphatic heterocycles. The molecule has 3 rings (SSSR count). The number of carboxylic acids is 1. The van der Waals surface area contributed by atoms with E-state index in [0.717, 1.165) is 24.9 Å². The maximum atomic E-state index is 11.5. The highest BCUT2D eigenvalue weighted by Gasteiger charge is 2.42. The van der Waals surface area contributed by atoms with Gasteiger partial charge >= 0.3 is 5.97 Å². The molecule has 2 aliphatic rings. The van der Waals surface area contributed by atoms with Crippen LogP contribution < -0.4 is 19.1 Å². The van der Waals surface area contributed by atoms with Crippen molar-refractivity contribution in [1.82, 2.24) is 0 Å². The fourth-order valence-corrected chi connectivity index (χ4v) is 4.15. The Kier molecular flexibility index (Phi) is 4.94. The van der Waals surface area contributed by atoms with Crippen molar-refractivity contribution < 1.29 is 24.1 Å². The van der Waals surface area contributed by atoms with Gasteiger partial charge in [-0.1, -0.05) is 0 Å². The summed E-state index contributed by atoms with van der Waals surface area (Å²) >= 11 is 0. The molecule has 7 nitrogen and oxygen atoms in total. The van der Waals surface area contributed by atoms with Gasteiger partial charge in [0.2, 0.25) is 5.75 Å². The van der Waals surface area contributed by atoms with Gasteiger partial charge in [-0.15, -0.1) is 0 Å². The lowest BCUT2D eigenvalue weighted by Crippen LogP contribution is -2.42. The van der Waals surface area contributed by atoms with Gasteiger partial charge in [-0.25, -0.2) is 4.79 Å². The number of fused-ring (bicyclic) bond motifs is 2. The molecule has 26 heavy (non-hydrogen) atoms. The summed E-state index contributed by atoms with van der Waals surface area (Å²) in [7, 11) is 4.68. The minimum Gasteiger partial charge on any atom is -0.493 e. The number of piperidine rings is 1. The average molecular weight is 358 g/mol. The van der Waals surface area contributed by atoms with Crippen LogP contribution in [0.2, 0.25) is 0 Å². The second-order valence-electron chi connectivity index (χ2n) is 6.39. The van der Waals surface area contributed by atoms with E-state index in [2.05, 4.69) is 4.90 Å². The monoisotopic (exact) mass is 358 g/mol. The summed E-state index contributed by atoms with van der Waals surface area (Å²) in [6.45, 7) is 0. The number of anilines is 1. The number of ether oxygens (including phenoxy) is 3. The Bertz CT molecular complexity index is 771. The number of benzene rings is 1. The molecule has 0 saturated carbocycles. The van der Waals surface area contributed by atoms with E-state index < -0.39 is 5.97 Å². The van der Waals surface area contributed by atoms with Gasteiger partial charge in [0, 0.05) is 23.9 Å². The van der Waals surface area contributed by atoms with E-state index in [1.165, 1.54) is 0 Å². The van der Waals surface area contributed by atoms with Gasteiger partial charge in [0.1, 0.15) is 11.6 Å². The Morgan fingerprint density at radius 1 is 1.15 bits per heavy atom. The van der Waals surface area contributed by atoms with Crippen molar-refractivity contribution in [3.63, 3.8) is 0 Å². The van der Waals surface area contributed by atoms with Crippen LogP contribution in [0.3, 0.4) is 0 Å². The van der Waals surface area contributed by atoms with Crippen molar-refractivity contribution in [2.45, 2.75) is 37.8 Å². The number of aliphatic carboxylic acids is 1. The molecule has 2 saturated heterocycles. The molecule has 0 aliphatic carbocycles. The Morgan fingerprint density at radius 3 is 2.31 bits per heavy atom. The van der Waals surface area contributed by atoms with Gasteiger partial charge in [0.05, 0.1) is 27.4 Å². The van der Waals surface area contributed by atoms with Gasteiger partial charge in [-0.05, 0) is 31.3 Å². The van der Waals surface area contributed by atoms with Crippen molar-refractivity contribution in [1.29, 1.82) is 5.26 Å². The van der Waals surface area contributed by atoms with E-state index in [1.807, 2.05) is 18.2 Å². The molecule has 138 valence electrons. The average Bonchev–Trinajstić information content (AvgIpc) is 2.96. The van der Waals surface area contributed by atoms with Crippen LogP contribution in [0.1, 0.15) is 25.7 Å². The molecule has 1 N–H and O–H groups in total. The third-order valence-electron chi connectivity index (χ3n) is 5.25. The highest BCUT2D eigenvalue weighted by atomic mass is 16.5. The Balaban J connectivity index is 2.10. The van der Waals surface area contributed by atoms with Crippen LogP contribution in [0.4, 0.5) is 5.69 Å². The number of nitrogens with zero attached hydrogens (tertiary/aromatic N) is 2. The molecule has 0 aromatic heterocycles. The molecule has 2 unspecified atom stereocenters. The third-order valence-corrected chi connectivity index (χ3v) is 5.25. The topological polar surface area (TPSA) is 92.0 Å². The summed E-state index contributed by atoms with van der Waals surface area (Å²) in [5.41, 5.74) is 1.46. The number of carbonyl (C=O) groups is 1. The lowest BCUT2D eigenvalue weighted by Gasteiger charge is -2.39. The normalized spacial score (nSPS) is 23.2. The van der Waals surface area contributed by atoms with E-state index in [9.17, 15) is 15.2 Å². The predicted octanol–water partition coefficient (Wildman–Crippen LogP) is 2.75. The molecular weight excluding hydrogens is 336 g/mol. The SMILES string of the molecule is COc1cc(N2C3CC/C(=C(/C#N)C(=O)O)C2CC3)cc(OC)c1OC. The van der Waals surface area contributed by atoms with E-state index in [1.54, 1.807) is 21.3 Å². The third kappa shape index (κ3) is 2.81. The molecule has 1 aromatic carbocycles. The zero-order valence-corrected chi connectivity index (χ0v) is 15.1. The van der Waals surface area contributed by atoms with Crippen LogP contribution in [0.5, 0.6) is 17.2 Å². The van der Waals surface area contributed by atoms with Crippen LogP contribution >= 0.6 is 0 Å². The Labute approximate surface area is 152 Å². The summed E-state index contributed by atoms with van der Waals surface area (Å²) in [6.07, 6.45) is 3.25. The second kappa shape index (κ2) is 7.16. The molecule has 2 atom stereocenters. The number of carboxylic acid groups (broad SMARTS) is 1. The van der Waals surface area contributed by atoms with E-state index >= 15 is 0 Å². The second-order valence-corrected chi connectivity index (χ2v) is 6.39. The number of methoxy groups -OCH3 is 3. The summed E-state index contributed by atoms with van der Waals surface area (Å²) < 4.78 is 16.3. The highest BCUT2D eigenvalue weighted by Crippen LogP contribution is 2.47. The summed E-state index contributed by atoms with van der Waals surface area (Å²) in [5.74, 6) is 0.465. The van der Waals surface area contributed by atoms with Crippen LogP contribution in [0.25, 0.3) is 0 Å².